The molecule has 3 amide bonds. The second-order valence-electron chi connectivity index (χ2n) is 6.93. The smallest absolute Gasteiger partial charge is 0.230 e. The molecule has 1 fully saturated rings. The molecule has 0 radical (unpaired) electrons. The van der Waals surface area contributed by atoms with E-state index < -0.39 is 0 Å². The Bertz CT molecular complexity index is 834. The van der Waals surface area contributed by atoms with Gasteiger partial charge in [0.2, 0.25) is 17.7 Å². The molecule has 3 rings (SSSR count). The van der Waals surface area contributed by atoms with Crippen LogP contribution in [0.25, 0.3) is 0 Å². The van der Waals surface area contributed by atoms with Crippen LogP contribution in [-0.2, 0) is 20.8 Å². The molecule has 1 aliphatic rings. The van der Waals surface area contributed by atoms with Crippen molar-refractivity contribution in [2.45, 2.75) is 25.8 Å². The SMILES string of the molecule is CC(C(=O)Nc1ccc(CC2CC(=O)NC2=O)cc1)C(N)c1ccccc1. The van der Waals surface area contributed by atoms with Gasteiger partial charge in [-0.3, -0.25) is 19.7 Å². The lowest BCUT2D eigenvalue weighted by atomic mass is 9.94. The van der Waals surface area contributed by atoms with Gasteiger partial charge in [-0.05, 0) is 29.7 Å². The van der Waals surface area contributed by atoms with Gasteiger partial charge in [0, 0.05) is 18.2 Å². The summed E-state index contributed by atoms with van der Waals surface area (Å²) >= 11 is 0. The minimum atomic E-state index is -0.389. The van der Waals surface area contributed by atoms with Gasteiger partial charge in [-0.2, -0.15) is 0 Å². The molecule has 0 spiro atoms. The first-order valence-electron chi connectivity index (χ1n) is 8.98. The molecule has 6 heteroatoms. The van der Waals surface area contributed by atoms with Crippen LogP contribution in [0.15, 0.2) is 54.6 Å². The van der Waals surface area contributed by atoms with Gasteiger partial charge in [-0.1, -0.05) is 49.4 Å². The molecule has 1 heterocycles. The fraction of sp³-hybridized carbons (Fsp3) is 0.286. The zero-order chi connectivity index (χ0) is 19.4. The van der Waals surface area contributed by atoms with E-state index in [4.69, 9.17) is 5.73 Å². The van der Waals surface area contributed by atoms with E-state index in [0.29, 0.717) is 12.1 Å². The molecule has 3 atom stereocenters. The lowest BCUT2D eigenvalue weighted by Gasteiger charge is -2.20. The van der Waals surface area contributed by atoms with Crippen molar-refractivity contribution in [3.63, 3.8) is 0 Å². The van der Waals surface area contributed by atoms with E-state index >= 15 is 0 Å². The number of anilines is 1. The Hall–Kier alpha value is -2.99. The molecule has 0 aliphatic carbocycles. The first-order chi connectivity index (χ1) is 12.9. The maximum absolute atomic E-state index is 12.5. The van der Waals surface area contributed by atoms with Crippen LogP contribution in [0.3, 0.4) is 0 Å². The van der Waals surface area contributed by atoms with E-state index in [1.165, 1.54) is 0 Å². The second-order valence-corrected chi connectivity index (χ2v) is 6.93. The highest BCUT2D eigenvalue weighted by atomic mass is 16.2. The molecule has 2 aromatic rings. The molecular weight excluding hydrogens is 342 g/mol. The highest BCUT2D eigenvalue weighted by Crippen LogP contribution is 2.22. The number of imide groups is 1. The topological polar surface area (TPSA) is 101 Å². The molecule has 1 aliphatic heterocycles. The van der Waals surface area contributed by atoms with Crippen molar-refractivity contribution in [2.24, 2.45) is 17.6 Å². The van der Waals surface area contributed by atoms with Gasteiger partial charge >= 0.3 is 0 Å². The number of hydrogen-bond acceptors (Lipinski definition) is 4. The fourth-order valence-electron chi connectivity index (χ4n) is 3.16. The molecule has 0 bridgehead atoms. The van der Waals surface area contributed by atoms with Crippen LogP contribution in [0.4, 0.5) is 5.69 Å². The third-order valence-corrected chi connectivity index (χ3v) is 4.91. The van der Waals surface area contributed by atoms with Crippen LogP contribution in [0.1, 0.15) is 30.5 Å². The normalized spacial score (nSPS) is 18.7. The number of rotatable bonds is 6. The largest absolute Gasteiger partial charge is 0.326 e. The van der Waals surface area contributed by atoms with Crippen molar-refractivity contribution in [1.82, 2.24) is 5.32 Å². The summed E-state index contributed by atoms with van der Waals surface area (Å²) in [5.41, 5.74) is 8.73. The summed E-state index contributed by atoms with van der Waals surface area (Å²) in [4.78, 5) is 35.4. The zero-order valence-corrected chi connectivity index (χ0v) is 15.1. The van der Waals surface area contributed by atoms with Crippen molar-refractivity contribution >= 4 is 23.4 Å². The second kappa shape index (κ2) is 8.14. The summed E-state index contributed by atoms with van der Waals surface area (Å²) in [7, 11) is 0. The lowest BCUT2D eigenvalue weighted by molar-refractivity contribution is -0.126. The maximum Gasteiger partial charge on any atom is 0.230 e. The third kappa shape index (κ3) is 4.60. The predicted octanol–water partition coefficient (Wildman–Crippen LogP) is 2.17. The molecule has 2 aromatic carbocycles. The van der Waals surface area contributed by atoms with Gasteiger partial charge in [0.15, 0.2) is 0 Å². The first-order valence-corrected chi connectivity index (χ1v) is 8.98. The molecule has 3 unspecified atom stereocenters. The Morgan fingerprint density at radius 2 is 1.81 bits per heavy atom. The highest BCUT2D eigenvalue weighted by molar-refractivity contribution is 6.03. The van der Waals surface area contributed by atoms with Gasteiger partial charge in [0.05, 0.1) is 11.8 Å². The molecule has 0 saturated carbocycles. The summed E-state index contributed by atoms with van der Waals surface area (Å²) in [6.45, 7) is 1.80. The third-order valence-electron chi connectivity index (χ3n) is 4.91. The van der Waals surface area contributed by atoms with E-state index in [0.717, 1.165) is 11.1 Å². The number of nitrogens with one attached hydrogen (secondary N) is 2. The Balaban J connectivity index is 1.58. The summed E-state index contributed by atoms with van der Waals surface area (Å²) in [5.74, 6) is -1.30. The number of amides is 3. The zero-order valence-electron chi connectivity index (χ0n) is 15.1. The van der Waals surface area contributed by atoms with Crippen molar-refractivity contribution in [2.75, 3.05) is 5.32 Å². The van der Waals surface area contributed by atoms with Crippen molar-refractivity contribution in [3.05, 3.63) is 65.7 Å². The summed E-state index contributed by atoms with van der Waals surface area (Å²) in [6, 6.07) is 16.4. The highest BCUT2D eigenvalue weighted by Gasteiger charge is 2.30. The van der Waals surface area contributed by atoms with Crippen LogP contribution in [0.5, 0.6) is 0 Å². The first kappa shape index (κ1) is 18.8. The van der Waals surface area contributed by atoms with Gasteiger partial charge in [-0.25, -0.2) is 0 Å². The Morgan fingerprint density at radius 1 is 1.15 bits per heavy atom. The number of nitrogens with two attached hydrogens (primary N) is 1. The Labute approximate surface area is 158 Å². The molecule has 1 saturated heterocycles. The minimum absolute atomic E-state index is 0.153. The summed E-state index contributed by atoms with van der Waals surface area (Å²) < 4.78 is 0. The fourth-order valence-corrected chi connectivity index (χ4v) is 3.16. The Kier molecular flexibility index (Phi) is 5.66. The molecule has 140 valence electrons. The number of carbonyl (C=O) groups is 3. The number of benzene rings is 2. The van der Waals surface area contributed by atoms with Gasteiger partial charge in [-0.15, -0.1) is 0 Å². The van der Waals surface area contributed by atoms with Gasteiger partial charge in [0.25, 0.3) is 0 Å². The van der Waals surface area contributed by atoms with Crippen LogP contribution >= 0.6 is 0 Å². The van der Waals surface area contributed by atoms with Gasteiger partial charge in [0.1, 0.15) is 0 Å². The van der Waals surface area contributed by atoms with Crippen molar-refractivity contribution < 1.29 is 14.4 Å². The van der Waals surface area contributed by atoms with Crippen LogP contribution < -0.4 is 16.4 Å². The average molecular weight is 365 g/mol. The minimum Gasteiger partial charge on any atom is -0.326 e. The van der Waals surface area contributed by atoms with Crippen LogP contribution in [0.2, 0.25) is 0 Å². The molecule has 4 N–H and O–H groups in total. The van der Waals surface area contributed by atoms with Crippen molar-refractivity contribution in [1.29, 1.82) is 0 Å². The summed E-state index contributed by atoms with van der Waals surface area (Å²) in [6.07, 6.45) is 0.729. The predicted molar refractivity (Wildman–Crippen MR) is 103 cm³/mol. The van der Waals surface area contributed by atoms with E-state index in [9.17, 15) is 14.4 Å². The van der Waals surface area contributed by atoms with Crippen LogP contribution in [0, 0.1) is 11.8 Å². The lowest BCUT2D eigenvalue weighted by Crippen LogP contribution is -2.30. The van der Waals surface area contributed by atoms with E-state index in [-0.39, 0.29) is 42.0 Å². The maximum atomic E-state index is 12.5. The molecule has 0 aromatic heterocycles. The average Bonchev–Trinajstić information content (AvgIpc) is 2.99. The van der Waals surface area contributed by atoms with E-state index in [1.807, 2.05) is 42.5 Å². The standard InChI is InChI=1S/C21H23N3O3/c1-13(19(22)15-5-3-2-4-6-15)20(26)23-17-9-7-14(8-10-17)11-16-12-18(25)24-21(16)27/h2-10,13,16,19H,11-12,22H2,1H3,(H,23,26)(H,24,25,27). The van der Waals surface area contributed by atoms with Gasteiger partial charge < -0.3 is 11.1 Å². The van der Waals surface area contributed by atoms with E-state index in [1.54, 1.807) is 19.1 Å². The number of carbonyl (C=O) groups excluding carboxylic acids is 3. The Morgan fingerprint density at radius 3 is 2.41 bits per heavy atom. The molecule has 6 nitrogen and oxygen atoms in total. The monoisotopic (exact) mass is 365 g/mol. The van der Waals surface area contributed by atoms with Crippen LogP contribution in [-0.4, -0.2) is 17.7 Å². The molecule has 27 heavy (non-hydrogen) atoms. The molecular formula is C21H23N3O3. The summed E-state index contributed by atoms with van der Waals surface area (Å²) in [5, 5.41) is 5.19. The number of hydrogen-bond donors (Lipinski definition) is 3. The quantitative estimate of drug-likeness (QED) is 0.683. The van der Waals surface area contributed by atoms with E-state index in [2.05, 4.69) is 10.6 Å². The van der Waals surface area contributed by atoms with Crippen molar-refractivity contribution in [3.8, 4) is 0 Å².